The number of benzene rings is 1. The fourth-order valence-electron chi connectivity index (χ4n) is 2.65. The molecule has 0 aliphatic carbocycles. The van der Waals surface area contributed by atoms with Crippen molar-refractivity contribution >= 4 is 11.7 Å². The average Bonchev–Trinajstić information content (AvgIpc) is 2.78. The van der Waals surface area contributed by atoms with Crippen LogP contribution in [0.3, 0.4) is 0 Å². The highest BCUT2D eigenvalue weighted by atomic mass is 16.5. The molecule has 2 amide bonds. The molecule has 1 aromatic carbocycles. The molecule has 0 saturated carbocycles. The van der Waals surface area contributed by atoms with Gasteiger partial charge in [-0.3, -0.25) is 0 Å². The van der Waals surface area contributed by atoms with Crippen molar-refractivity contribution in [3.8, 4) is 5.88 Å². The molecule has 0 radical (unpaired) electrons. The number of nitrogens with zero attached hydrogens (tertiary/aromatic N) is 2. The lowest BCUT2D eigenvalue weighted by molar-refractivity contribution is 0.214. The Morgan fingerprint density at radius 3 is 2.36 bits per heavy atom. The lowest BCUT2D eigenvalue weighted by atomic mass is 10.0. The molecule has 2 aromatic rings. The summed E-state index contributed by atoms with van der Waals surface area (Å²) in [6, 6.07) is 11.8. The third-order valence-corrected chi connectivity index (χ3v) is 3.90. The molecule has 1 N–H and O–H groups in total. The smallest absolute Gasteiger partial charge is 0.321 e. The monoisotopic (exact) mass is 297 g/mol. The average molecular weight is 297 g/mol. The Bertz CT molecular complexity index is 628. The van der Waals surface area contributed by atoms with Gasteiger partial charge in [0.2, 0.25) is 5.88 Å². The van der Waals surface area contributed by atoms with Crippen molar-refractivity contribution < 1.29 is 9.53 Å². The Morgan fingerprint density at radius 1 is 1.14 bits per heavy atom. The minimum absolute atomic E-state index is 0.0835. The van der Waals surface area contributed by atoms with Crippen molar-refractivity contribution in [1.82, 2.24) is 9.88 Å². The number of carbonyl (C=O) groups is 1. The highest BCUT2D eigenvalue weighted by Gasteiger charge is 2.18. The van der Waals surface area contributed by atoms with Crippen LogP contribution in [-0.4, -0.2) is 36.1 Å². The quantitative estimate of drug-likeness (QED) is 0.927. The second-order valence-electron chi connectivity index (χ2n) is 5.28. The van der Waals surface area contributed by atoms with Crippen LogP contribution in [0.5, 0.6) is 5.88 Å². The molecule has 0 unspecified atom stereocenters. The number of hydrogen-bond donors (Lipinski definition) is 1. The van der Waals surface area contributed by atoms with Crippen LogP contribution < -0.4 is 10.1 Å². The molecule has 1 aliphatic heterocycles. The van der Waals surface area contributed by atoms with Gasteiger partial charge < -0.3 is 15.0 Å². The second-order valence-corrected chi connectivity index (χ2v) is 5.28. The predicted molar refractivity (Wildman–Crippen MR) is 85.2 cm³/mol. The normalized spacial score (nSPS) is 14.0. The zero-order valence-electron chi connectivity index (χ0n) is 12.6. The second kappa shape index (κ2) is 6.47. The number of methoxy groups -OCH3 is 1. The summed E-state index contributed by atoms with van der Waals surface area (Å²) in [4.78, 5) is 18.3. The summed E-state index contributed by atoms with van der Waals surface area (Å²) in [6.45, 7) is 1.46. The summed E-state index contributed by atoms with van der Waals surface area (Å²) in [5.74, 6) is 0.531. The highest BCUT2D eigenvalue weighted by molar-refractivity contribution is 5.89. The molecule has 0 fully saturated rings. The van der Waals surface area contributed by atoms with Crippen LogP contribution in [0, 0.1) is 0 Å². The van der Waals surface area contributed by atoms with Gasteiger partial charge in [0, 0.05) is 19.2 Å². The molecule has 0 bridgehead atoms. The van der Waals surface area contributed by atoms with Gasteiger partial charge in [-0.2, -0.15) is 0 Å². The van der Waals surface area contributed by atoms with Crippen molar-refractivity contribution in [2.45, 2.75) is 12.8 Å². The van der Waals surface area contributed by atoms with Crippen LogP contribution in [0.1, 0.15) is 11.1 Å². The van der Waals surface area contributed by atoms with Crippen molar-refractivity contribution in [3.05, 3.63) is 53.7 Å². The van der Waals surface area contributed by atoms with Gasteiger partial charge in [0.15, 0.2) is 0 Å². The Morgan fingerprint density at radius 2 is 1.82 bits per heavy atom. The Kier molecular flexibility index (Phi) is 4.23. The Hall–Kier alpha value is -2.56. The molecule has 0 atom stereocenters. The number of rotatable bonds is 2. The predicted octanol–water partition coefficient (Wildman–Crippen LogP) is 2.72. The lowest BCUT2D eigenvalue weighted by Gasteiger charge is -2.20. The molecule has 0 saturated heterocycles. The summed E-state index contributed by atoms with van der Waals surface area (Å²) in [5.41, 5.74) is 3.35. The third kappa shape index (κ3) is 3.19. The molecular formula is C17H19N3O2. The van der Waals surface area contributed by atoms with Gasteiger partial charge >= 0.3 is 6.03 Å². The first kappa shape index (κ1) is 14.4. The molecule has 22 heavy (non-hydrogen) atoms. The SMILES string of the molecule is COc1ccc(NC(=O)N2CCc3ccccc3CC2)cn1. The first-order chi connectivity index (χ1) is 10.8. The molecule has 1 aliphatic rings. The maximum absolute atomic E-state index is 12.4. The number of ether oxygens (including phenoxy) is 1. The van der Waals surface area contributed by atoms with E-state index in [2.05, 4.69) is 34.6 Å². The fraction of sp³-hybridized carbons (Fsp3) is 0.294. The zero-order valence-corrected chi connectivity index (χ0v) is 12.6. The summed E-state index contributed by atoms with van der Waals surface area (Å²) < 4.78 is 5.01. The Balaban J connectivity index is 1.63. The van der Waals surface area contributed by atoms with Gasteiger partial charge in [0.05, 0.1) is 19.0 Å². The van der Waals surface area contributed by atoms with Crippen LogP contribution in [-0.2, 0) is 12.8 Å². The number of amides is 2. The van der Waals surface area contributed by atoms with Crippen LogP contribution in [0.25, 0.3) is 0 Å². The van der Waals surface area contributed by atoms with E-state index in [1.54, 1.807) is 25.4 Å². The molecule has 5 nitrogen and oxygen atoms in total. The first-order valence-corrected chi connectivity index (χ1v) is 7.39. The van der Waals surface area contributed by atoms with E-state index in [0.29, 0.717) is 11.6 Å². The van der Waals surface area contributed by atoms with Crippen molar-refractivity contribution in [1.29, 1.82) is 0 Å². The minimum Gasteiger partial charge on any atom is -0.481 e. The summed E-state index contributed by atoms with van der Waals surface area (Å²) in [5, 5.41) is 2.89. The minimum atomic E-state index is -0.0835. The van der Waals surface area contributed by atoms with Gasteiger partial charge in [0.25, 0.3) is 0 Å². The highest BCUT2D eigenvalue weighted by Crippen LogP contribution is 2.17. The molecule has 0 spiro atoms. The van der Waals surface area contributed by atoms with E-state index in [1.807, 2.05) is 4.90 Å². The number of fused-ring (bicyclic) bond motifs is 1. The van der Waals surface area contributed by atoms with E-state index >= 15 is 0 Å². The summed E-state index contributed by atoms with van der Waals surface area (Å²) >= 11 is 0. The number of hydrogen-bond acceptors (Lipinski definition) is 3. The van der Waals surface area contributed by atoms with Gasteiger partial charge in [-0.25, -0.2) is 9.78 Å². The van der Waals surface area contributed by atoms with Crippen molar-refractivity contribution in [2.75, 3.05) is 25.5 Å². The number of aromatic nitrogens is 1. The third-order valence-electron chi connectivity index (χ3n) is 3.90. The number of nitrogens with one attached hydrogen (secondary N) is 1. The standard InChI is InChI=1S/C17H19N3O2/c1-22-16-7-6-15(12-18-16)19-17(21)20-10-8-13-4-2-3-5-14(13)9-11-20/h2-7,12H,8-11H2,1H3,(H,19,21). The maximum Gasteiger partial charge on any atom is 0.321 e. The number of anilines is 1. The molecule has 3 rings (SSSR count). The molecule has 114 valence electrons. The van der Waals surface area contributed by atoms with E-state index in [-0.39, 0.29) is 6.03 Å². The van der Waals surface area contributed by atoms with E-state index in [0.717, 1.165) is 25.9 Å². The number of pyridine rings is 1. The van der Waals surface area contributed by atoms with Crippen molar-refractivity contribution in [2.24, 2.45) is 0 Å². The van der Waals surface area contributed by atoms with Crippen LogP contribution >= 0.6 is 0 Å². The van der Waals surface area contributed by atoms with Crippen LogP contribution in [0.2, 0.25) is 0 Å². The molecule has 2 heterocycles. The molecule has 1 aromatic heterocycles. The summed E-state index contributed by atoms with van der Waals surface area (Å²) in [6.07, 6.45) is 3.39. The van der Waals surface area contributed by atoms with E-state index in [1.165, 1.54) is 11.1 Å². The van der Waals surface area contributed by atoms with Gasteiger partial charge in [-0.05, 0) is 30.0 Å². The first-order valence-electron chi connectivity index (χ1n) is 7.39. The topological polar surface area (TPSA) is 54.5 Å². The van der Waals surface area contributed by atoms with Gasteiger partial charge in [-0.15, -0.1) is 0 Å². The summed E-state index contributed by atoms with van der Waals surface area (Å²) in [7, 11) is 1.56. The zero-order chi connectivity index (χ0) is 15.4. The number of urea groups is 1. The van der Waals surface area contributed by atoms with Gasteiger partial charge in [-0.1, -0.05) is 24.3 Å². The van der Waals surface area contributed by atoms with Crippen LogP contribution in [0.4, 0.5) is 10.5 Å². The Labute approximate surface area is 129 Å². The molecular weight excluding hydrogens is 278 g/mol. The largest absolute Gasteiger partial charge is 0.481 e. The number of carbonyl (C=O) groups excluding carboxylic acids is 1. The van der Waals surface area contributed by atoms with E-state index in [9.17, 15) is 4.79 Å². The van der Waals surface area contributed by atoms with Crippen LogP contribution in [0.15, 0.2) is 42.6 Å². The van der Waals surface area contributed by atoms with Crippen molar-refractivity contribution in [3.63, 3.8) is 0 Å². The fourth-order valence-corrected chi connectivity index (χ4v) is 2.65. The van der Waals surface area contributed by atoms with Gasteiger partial charge in [0.1, 0.15) is 0 Å². The maximum atomic E-state index is 12.4. The lowest BCUT2D eigenvalue weighted by Crippen LogP contribution is -2.36. The molecule has 5 heteroatoms. The van der Waals surface area contributed by atoms with E-state index < -0.39 is 0 Å². The van der Waals surface area contributed by atoms with E-state index in [4.69, 9.17) is 4.74 Å².